The lowest BCUT2D eigenvalue weighted by Crippen LogP contribution is -2.04. The summed E-state index contributed by atoms with van der Waals surface area (Å²) in [6.07, 6.45) is 0. The number of rotatable bonds is 1. The second-order valence-electron chi connectivity index (χ2n) is 0.969. The van der Waals surface area contributed by atoms with Crippen LogP contribution in [0.3, 0.4) is 0 Å². The van der Waals surface area contributed by atoms with E-state index in [2.05, 4.69) is 0 Å². The van der Waals surface area contributed by atoms with Crippen LogP contribution in [-0.2, 0) is 0 Å². The minimum absolute atomic E-state index is 0.706. The monoisotopic (exact) mass is 162 g/mol. The van der Waals surface area contributed by atoms with Crippen molar-refractivity contribution >= 4 is 39.2 Å². The minimum atomic E-state index is -2.21. The molecule has 0 atom stereocenters. The fourth-order valence-corrected chi connectivity index (χ4v) is 0. The van der Waals surface area contributed by atoms with E-state index in [0.717, 1.165) is 0 Å². The molecule has 4 heteroatoms. The first-order chi connectivity index (χ1) is 2.56. The van der Waals surface area contributed by atoms with E-state index in [9.17, 15) is 0 Å². The lowest BCUT2D eigenvalue weighted by Gasteiger charge is -1.98. The van der Waals surface area contributed by atoms with E-state index in [1.165, 1.54) is 0 Å². The SMILES string of the molecule is CC[Si](Cl)(Cl)Cl. The highest BCUT2D eigenvalue weighted by atomic mass is 35.8. The summed E-state index contributed by atoms with van der Waals surface area (Å²) < 4.78 is 0. The molecule has 0 fully saturated rings. The zero-order valence-electron chi connectivity index (χ0n) is 3.34. The van der Waals surface area contributed by atoms with Crippen LogP contribution in [0.4, 0.5) is 0 Å². The molecular formula is C2H5Cl3Si. The van der Waals surface area contributed by atoms with E-state index >= 15 is 0 Å². The summed E-state index contributed by atoms with van der Waals surface area (Å²) in [4.78, 5) is 0. The molecular weight excluding hydrogens is 158 g/mol. The Kier molecular flexibility index (Phi) is 2.84. The summed E-state index contributed by atoms with van der Waals surface area (Å²) in [5, 5.41) is 0. The van der Waals surface area contributed by atoms with Crippen molar-refractivity contribution in [1.29, 1.82) is 0 Å². The van der Waals surface area contributed by atoms with Gasteiger partial charge in [0.25, 0.3) is 0 Å². The molecule has 0 aromatic rings. The predicted octanol–water partition coefficient (Wildman–Crippen LogP) is 2.66. The molecule has 0 nitrogen and oxygen atoms in total. The minimum Gasteiger partial charge on any atom is -0.126 e. The largest absolute Gasteiger partial charge is 0.341 e. The van der Waals surface area contributed by atoms with Crippen LogP contribution in [0.25, 0.3) is 0 Å². The van der Waals surface area contributed by atoms with Crippen LogP contribution in [0.15, 0.2) is 0 Å². The van der Waals surface area contributed by atoms with Crippen molar-refractivity contribution in [2.75, 3.05) is 0 Å². The Balaban J connectivity index is 3.17. The maximum absolute atomic E-state index is 5.39. The number of hydrogen-bond donors (Lipinski definition) is 0. The van der Waals surface area contributed by atoms with E-state index in [4.69, 9.17) is 33.2 Å². The molecule has 38 valence electrons. The third-order valence-electron chi connectivity index (χ3n) is 0.401. The number of halogens is 3. The lowest BCUT2D eigenvalue weighted by atomic mass is 11.0. The molecule has 0 saturated carbocycles. The molecule has 0 N–H and O–H groups in total. The van der Waals surface area contributed by atoms with Crippen LogP contribution in [0.2, 0.25) is 6.04 Å². The topological polar surface area (TPSA) is 0 Å². The average Bonchev–Trinajstić information content (AvgIpc) is 1.35. The molecule has 0 rings (SSSR count). The predicted molar refractivity (Wildman–Crippen MR) is 33.8 cm³/mol. The van der Waals surface area contributed by atoms with Crippen molar-refractivity contribution in [3.8, 4) is 0 Å². The third-order valence-corrected chi connectivity index (χ3v) is 3.61. The van der Waals surface area contributed by atoms with Gasteiger partial charge in [-0.1, -0.05) is 6.92 Å². The first-order valence-electron chi connectivity index (χ1n) is 1.63. The maximum atomic E-state index is 5.39. The van der Waals surface area contributed by atoms with E-state index in [0.29, 0.717) is 6.04 Å². The summed E-state index contributed by atoms with van der Waals surface area (Å²) in [5.74, 6) is 0. The second kappa shape index (κ2) is 2.41. The van der Waals surface area contributed by atoms with Crippen molar-refractivity contribution < 1.29 is 0 Å². The van der Waals surface area contributed by atoms with Gasteiger partial charge in [0, 0.05) is 0 Å². The smallest absolute Gasteiger partial charge is 0.126 e. The van der Waals surface area contributed by atoms with Gasteiger partial charge in [-0.15, -0.1) is 33.2 Å². The Morgan fingerprint density at radius 2 is 1.50 bits per heavy atom. The van der Waals surface area contributed by atoms with E-state index in [1.807, 2.05) is 6.92 Å². The van der Waals surface area contributed by atoms with Gasteiger partial charge in [-0.25, -0.2) is 0 Å². The quantitative estimate of drug-likeness (QED) is 0.412. The summed E-state index contributed by atoms with van der Waals surface area (Å²) in [7, 11) is 0. The molecule has 0 amide bonds. The molecule has 0 aromatic heterocycles. The summed E-state index contributed by atoms with van der Waals surface area (Å²) in [6.45, 7) is 1.87. The van der Waals surface area contributed by atoms with Crippen molar-refractivity contribution in [1.82, 2.24) is 0 Å². The van der Waals surface area contributed by atoms with Gasteiger partial charge >= 0.3 is 6.00 Å². The van der Waals surface area contributed by atoms with Gasteiger partial charge in [-0.05, 0) is 6.04 Å². The Morgan fingerprint density at radius 3 is 1.50 bits per heavy atom. The Labute approximate surface area is 52.5 Å². The molecule has 0 spiro atoms. The highest BCUT2D eigenvalue weighted by Gasteiger charge is 2.20. The highest BCUT2D eigenvalue weighted by molar-refractivity contribution is 7.64. The first-order valence-corrected chi connectivity index (χ1v) is 6.87. The van der Waals surface area contributed by atoms with Gasteiger partial charge in [-0.2, -0.15) is 0 Å². The Bertz CT molecular complexity index is 38.5. The Hall–Kier alpha value is 1.09. The molecule has 0 radical (unpaired) electrons. The molecule has 0 unspecified atom stereocenters. The van der Waals surface area contributed by atoms with Gasteiger partial charge in [0.1, 0.15) is 0 Å². The van der Waals surface area contributed by atoms with Gasteiger partial charge < -0.3 is 0 Å². The van der Waals surface area contributed by atoms with Crippen molar-refractivity contribution in [3.05, 3.63) is 0 Å². The zero-order valence-corrected chi connectivity index (χ0v) is 6.61. The van der Waals surface area contributed by atoms with Crippen LogP contribution in [0, 0.1) is 0 Å². The molecule has 0 aliphatic heterocycles. The van der Waals surface area contributed by atoms with E-state index in [-0.39, 0.29) is 0 Å². The second-order valence-corrected chi connectivity index (χ2v) is 10.5. The number of hydrogen-bond acceptors (Lipinski definition) is 0. The van der Waals surface area contributed by atoms with Crippen molar-refractivity contribution in [3.63, 3.8) is 0 Å². The third kappa shape index (κ3) is 5.09. The van der Waals surface area contributed by atoms with Gasteiger partial charge in [0.15, 0.2) is 0 Å². The summed E-state index contributed by atoms with van der Waals surface area (Å²) in [6, 6.07) is -1.51. The molecule has 0 aromatic carbocycles. The van der Waals surface area contributed by atoms with Crippen LogP contribution < -0.4 is 0 Å². The fourth-order valence-electron chi connectivity index (χ4n) is 0. The average molecular weight is 164 g/mol. The van der Waals surface area contributed by atoms with Crippen LogP contribution in [-0.4, -0.2) is 6.00 Å². The molecule has 0 aliphatic rings. The standard InChI is InChI=1S/C2H5Cl3Si/c1-2-6(3,4)5/h2H2,1H3. The molecule has 0 heterocycles. The van der Waals surface area contributed by atoms with Gasteiger partial charge in [0.2, 0.25) is 0 Å². The molecule has 6 heavy (non-hydrogen) atoms. The summed E-state index contributed by atoms with van der Waals surface area (Å²) >= 11 is 16.2. The van der Waals surface area contributed by atoms with Gasteiger partial charge in [0.05, 0.1) is 0 Å². The Morgan fingerprint density at radius 1 is 1.33 bits per heavy atom. The maximum Gasteiger partial charge on any atom is 0.341 e. The molecule has 0 aliphatic carbocycles. The normalized spacial score (nSPS) is 12.0. The van der Waals surface area contributed by atoms with Crippen LogP contribution in [0.1, 0.15) is 6.92 Å². The molecule has 0 saturated heterocycles. The van der Waals surface area contributed by atoms with Gasteiger partial charge in [-0.3, -0.25) is 0 Å². The lowest BCUT2D eigenvalue weighted by molar-refractivity contribution is 1.46. The van der Waals surface area contributed by atoms with Crippen LogP contribution >= 0.6 is 33.2 Å². The molecule has 0 bridgehead atoms. The summed E-state index contributed by atoms with van der Waals surface area (Å²) in [5.41, 5.74) is 0. The van der Waals surface area contributed by atoms with Crippen molar-refractivity contribution in [2.45, 2.75) is 13.0 Å². The first kappa shape index (κ1) is 7.09. The van der Waals surface area contributed by atoms with Crippen molar-refractivity contribution in [2.24, 2.45) is 0 Å². The fraction of sp³-hybridized carbons (Fsp3) is 1.00. The van der Waals surface area contributed by atoms with Crippen LogP contribution in [0.5, 0.6) is 0 Å². The highest BCUT2D eigenvalue weighted by Crippen LogP contribution is 2.23. The van der Waals surface area contributed by atoms with E-state index < -0.39 is 6.00 Å². The zero-order chi connectivity index (χ0) is 5.21. The van der Waals surface area contributed by atoms with E-state index in [1.54, 1.807) is 0 Å².